The Labute approximate surface area is 268 Å². The van der Waals surface area contributed by atoms with Crippen LogP contribution in [-0.4, -0.2) is 80.5 Å². The Kier molecular flexibility index (Phi) is 8.97. The van der Waals surface area contributed by atoms with E-state index >= 15 is 4.39 Å². The van der Waals surface area contributed by atoms with E-state index in [4.69, 9.17) is 30.7 Å². The summed E-state index contributed by atoms with van der Waals surface area (Å²) in [6.07, 6.45) is 2.17. The van der Waals surface area contributed by atoms with Crippen LogP contribution >= 0.6 is 11.6 Å². The maximum absolute atomic E-state index is 15.9. The number of pyridine rings is 1. The van der Waals surface area contributed by atoms with E-state index in [1.165, 1.54) is 11.0 Å². The molecule has 11 nitrogen and oxygen atoms in total. The first-order chi connectivity index (χ1) is 22.0. The zero-order chi connectivity index (χ0) is 32.6. The molecule has 5 heterocycles. The largest absolute Gasteiger partial charge is 0.480 e. The fraction of sp³-hybridized carbons (Fsp3) is 0.469. The number of unbranched alkanes of at least 4 members (excludes halogenated alkanes) is 2. The number of carbonyl (C=O) groups is 2. The number of fused-ring (bicyclic) bond motifs is 3. The number of piperidine rings is 1. The third-order valence-corrected chi connectivity index (χ3v) is 9.09. The summed E-state index contributed by atoms with van der Waals surface area (Å²) >= 11 is 5.93. The second-order valence-electron chi connectivity index (χ2n) is 12.0. The number of carboxylic acids is 1. The molecule has 2 aliphatic heterocycles. The molecule has 2 aliphatic rings. The Morgan fingerprint density at radius 2 is 2.00 bits per heavy atom. The van der Waals surface area contributed by atoms with Crippen molar-refractivity contribution < 1.29 is 37.7 Å². The van der Waals surface area contributed by atoms with Crippen molar-refractivity contribution in [3.63, 3.8) is 0 Å². The summed E-state index contributed by atoms with van der Waals surface area (Å²) in [6, 6.07) is 7.71. The topological polar surface area (TPSA) is 142 Å². The molecule has 4 atom stereocenters. The number of ether oxygens (including phenoxy) is 1. The van der Waals surface area contributed by atoms with Crippen LogP contribution in [0, 0.1) is 11.9 Å². The molecule has 6 rings (SSSR count). The molecule has 0 aliphatic carbocycles. The second kappa shape index (κ2) is 13.0. The van der Waals surface area contributed by atoms with Crippen LogP contribution < -0.4 is 4.90 Å². The lowest BCUT2D eigenvalue weighted by Gasteiger charge is -2.41. The highest BCUT2D eigenvalue weighted by atomic mass is 35.5. The summed E-state index contributed by atoms with van der Waals surface area (Å²) in [7, 11) is 0. The van der Waals surface area contributed by atoms with Crippen LogP contribution in [0.3, 0.4) is 0 Å². The summed E-state index contributed by atoms with van der Waals surface area (Å²) in [6.45, 7) is 2.02. The highest BCUT2D eigenvalue weighted by Crippen LogP contribution is 2.43. The van der Waals surface area contributed by atoms with E-state index in [2.05, 4.69) is 4.98 Å². The van der Waals surface area contributed by atoms with Crippen LogP contribution in [0.4, 0.5) is 19.4 Å². The van der Waals surface area contributed by atoms with Gasteiger partial charge in [-0.2, -0.15) is 4.39 Å². The SMILES string of the molecule is C[C@H]1CN(C(=O)OCCCCCc2nc(N3C[C@@H](O)C[C@H]3C(=O)O)c3oc4ccccc4c3n2)CC[C@]1(F)c1cc(Cl)cnc1F. The van der Waals surface area contributed by atoms with Gasteiger partial charge in [-0.15, -0.1) is 0 Å². The number of likely N-dealkylation sites (tertiary alicyclic amines) is 1. The molecule has 0 saturated carbocycles. The van der Waals surface area contributed by atoms with Gasteiger partial charge in [-0.05, 0) is 37.5 Å². The molecular formula is C32H34ClF2N5O6. The van der Waals surface area contributed by atoms with Crippen molar-refractivity contribution in [2.24, 2.45) is 5.92 Å². The van der Waals surface area contributed by atoms with Gasteiger partial charge < -0.3 is 29.2 Å². The van der Waals surface area contributed by atoms with Gasteiger partial charge in [0.2, 0.25) is 5.95 Å². The van der Waals surface area contributed by atoms with E-state index in [9.17, 15) is 24.2 Å². The zero-order valence-corrected chi connectivity index (χ0v) is 25.9. The van der Waals surface area contributed by atoms with Gasteiger partial charge in [0.15, 0.2) is 11.4 Å². The number of hydrogen-bond donors (Lipinski definition) is 2. The van der Waals surface area contributed by atoms with Crippen molar-refractivity contribution in [1.29, 1.82) is 0 Å². The molecule has 244 valence electrons. The smallest absolute Gasteiger partial charge is 0.409 e. The van der Waals surface area contributed by atoms with Crippen molar-refractivity contribution >= 4 is 51.6 Å². The second-order valence-corrected chi connectivity index (χ2v) is 12.4. The van der Waals surface area contributed by atoms with Crippen LogP contribution in [-0.2, 0) is 21.6 Å². The van der Waals surface area contributed by atoms with Crippen LogP contribution in [0.1, 0.15) is 50.4 Å². The number of nitrogens with zero attached hydrogens (tertiary/aromatic N) is 5. The third-order valence-electron chi connectivity index (χ3n) is 8.89. The molecule has 14 heteroatoms. The van der Waals surface area contributed by atoms with Gasteiger partial charge in [-0.3, -0.25) is 0 Å². The fourth-order valence-electron chi connectivity index (χ4n) is 6.41. The number of benzene rings is 1. The molecule has 3 aromatic heterocycles. The third kappa shape index (κ3) is 6.17. The minimum atomic E-state index is -2.00. The van der Waals surface area contributed by atoms with E-state index in [1.54, 1.807) is 11.8 Å². The van der Waals surface area contributed by atoms with Crippen molar-refractivity contribution in [1.82, 2.24) is 19.9 Å². The average Bonchev–Trinajstić information content (AvgIpc) is 3.61. The predicted octanol–water partition coefficient (Wildman–Crippen LogP) is 5.64. The van der Waals surface area contributed by atoms with Gasteiger partial charge in [0.1, 0.15) is 28.6 Å². The van der Waals surface area contributed by atoms with Crippen LogP contribution in [0.2, 0.25) is 5.02 Å². The summed E-state index contributed by atoms with van der Waals surface area (Å²) in [5.41, 5.74) is -0.639. The lowest BCUT2D eigenvalue weighted by atomic mass is 9.79. The highest BCUT2D eigenvalue weighted by molar-refractivity contribution is 6.30. The number of aryl methyl sites for hydroxylation is 1. The van der Waals surface area contributed by atoms with Crippen molar-refractivity contribution in [2.75, 3.05) is 31.1 Å². The maximum Gasteiger partial charge on any atom is 0.409 e. The van der Waals surface area contributed by atoms with Crippen molar-refractivity contribution in [2.45, 2.75) is 63.3 Å². The van der Waals surface area contributed by atoms with Gasteiger partial charge in [-0.25, -0.2) is 28.9 Å². The van der Waals surface area contributed by atoms with Gasteiger partial charge in [0, 0.05) is 62.0 Å². The Morgan fingerprint density at radius 3 is 2.78 bits per heavy atom. The number of carboxylic acid groups (broad SMARTS) is 1. The Bertz CT molecular complexity index is 1770. The van der Waals surface area contributed by atoms with Crippen LogP contribution in [0.5, 0.6) is 0 Å². The fourth-order valence-corrected chi connectivity index (χ4v) is 6.57. The lowest BCUT2D eigenvalue weighted by Crippen LogP contribution is -2.49. The number of aliphatic hydroxyl groups is 1. The van der Waals surface area contributed by atoms with E-state index < -0.39 is 41.7 Å². The molecule has 0 radical (unpaired) electrons. The van der Waals surface area contributed by atoms with E-state index in [-0.39, 0.29) is 49.7 Å². The number of aromatic nitrogens is 3. The van der Waals surface area contributed by atoms with E-state index in [0.717, 1.165) is 11.6 Å². The molecular weight excluding hydrogens is 624 g/mol. The molecule has 2 N–H and O–H groups in total. The molecule has 46 heavy (non-hydrogen) atoms. The van der Waals surface area contributed by atoms with Crippen LogP contribution in [0.15, 0.2) is 40.9 Å². The normalized spacial score (nSPS) is 23.4. The molecule has 4 aromatic rings. The minimum absolute atomic E-state index is 0.0584. The average molecular weight is 658 g/mol. The van der Waals surface area contributed by atoms with Crippen molar-refractivity contribution in [3.8, 4) is 0 Å². The number of rotatable bonds is 9. The zero-order valence-electron chi connectivity index (χ0n) is 25.2. The number of halogens is 3. The van der Waals surface area contributed by atoms with Gasteiger partial charge in [-0.1, -0.05) is 30.7 Å². The number of hydrogen-bond acceptors (Lipinski definition) is 9. The van der Waals surface area contributed by atoms with E-state index in [1.807, 2.05) is 24.3 Å². The number of carbonyl (C=O) groups excluding carboxylic acids is 1. The van der Waals surface area contributed by atoms with Gasteiger partial charge in [0.05, 0.1) is 17.7 Å². The summed E-state index contributed by atoms with van der Waals surface area (Å²) in [5, 5.41) is 21.0. The number of aliphatic carboxylic acids is 1. The number of amides is 1. The predicted molar refractivity (Wildman–Crippen MR) is 165 cm³/mol. The number of aliphatic hydroxyl groups excluding tert-OH is 1. The summed E-state index contributed by atoms with van der Waals surface area (Å²) < 4.78 is 41.7. The Morgan fingerprint density at radius 1 is 1.20 bits per heavy atom. The number of anilines is 1. The summed E-state index contributed by atoms with van der Waals surface area (Å²) in [4.78, 5) is 40.7. The molecule has 1 aromatic carbocycles. The molecule has 0 unspecified atom stereocenters. The minimum Gasteiger partial charge on any atom is -0.480 e. The monoisotopic (exact) mass is 657 g/mol. The lowest BCUT2D eigenvalue weighted by molar-refractivity contribution is -0.138. The van der Waals surface area contributed by atoms with Crippen LogP contribution in [0.25, 0.3) is 22.1 Å². The molecule has 0 bridgehead atoms. The maximum atomic E-state index is 15.9. The number of alkyl halides is 1. The first kappa shape index (κ1) is 31.9. The quantitative estimate of drug-likeness (QED) is 0.171. The Hall–Kier alpha value is -4.10. The number of furan rings is 1. The first-order valence-corrected chi connectivity index (χ1v) is 15.7. The number of para-hydroxylation sites is 1. The first-order valence-electron chi connectivity index (χ1n) is 15.3. The van der Waals surface area contributed by atoms with Gasteiger partial charge in [0.25, 0.3) is 0 Å². The number of β-amino-alcohol motifs (C(OH)–C–C–N with tert-alkyl or cyclic N) is 1. The molecule has 2 saturated heterocycles. The molecule has 1 amide bonds. The molecule has 2 fully saturated rings. The Balaban J connectivity index is 1.05. The molecule has 0 spiro atoms. The standard InChI is InChI=1S/C32H34ClF2N5O6/c1-18-16-39(11-10-32(18,35)22-13-19(33)15-36-28(22)34)31(44)45-12-6-2-3-9-25-37-26-21-7-4-5-8-24(21)46-27(26)29(38-25)40-17-20(41)14-23(40)30(42)43/h4-5,7-8,13,15,18,20,23,41H,2-3,6,9-12,14,16-17H2,1H3,(H,42,43)/t18-,20-,23-,32+/m0/s1. The van der Waals surface area contributed by atoms with Gasteiger partial charge >= 0.3 is 12.1 Å². The highest BCUT2D eigenvalue weighted by Gasteiger charge is 2.46. The van der Waals surface area contributed by atoms with Crippen molar-refractivity contribution in [3.05, 3.63) is 58.9 Å². The van der Waals surface area contributed by atoms with E-state index in [0.29, 0.717) is 54.0 Å². The summed E-state index contributed by atoms with van der Waals surface area (Å²) in [5.74, 6) is -1.80.